The van der Waals surface area contributed by atoms with E-state index in [2.05, 4.69) is 52.6 Å². The largest absolute Gasteiger partial charge is 0.483 e. The smallest absolute Gasteiger partial charge is 0.301 e. The Labute approximate surface area is 386 Å². The summed E-state index contributed by atoms with van der Waals surface area (Å²) in [6.07, 6.45) is 7.29. The number of aromatic amines is 1. The molecule has 3 aliphatic heterocycles. The number of carbonyl (C=O) groups excluding carboxylic acids is 4. The van der Waals surface area contributed by atoms with E-state index in [1.54, 1.807) is 19.2 Å². The molecule has 20 heteroatoms. The van der Waals surface area contributed by atoms with E-state index in [4.69, 9.17) is 9.90 Å². The fourth-order valence-electron chi connectivity index (χ4n) is 8.64. The van der Waals surface area contributed by atoms with E-state index in [0.717, 1.165) is 85.2 Å². The lowest BCUT2D eigenvalue weighted by Gasteiger charge is -2.35. The first-order valence-corrected chi connectivity index (χ1v) is 23.5. The summed E-state index contributed by atoms with van der Waals surface area (Å²) in [5, 5.41) is 16.1. The number of amides is 3. The molecule has 3 saturated heterocycles. The molecule has 17 nitrogen and oxygen atoms in total. The molecule has 3 amide bonds. The number of nitrogens with one attached hydrogen (secondary N) is 5. The van der Waals surface area contributed by atoms with E-state index < -0.39 is 44.9 Å². The first kappa shape index (κ1) is 48.2. The predicted molar refractivity (Wildman–Crippen MR) is 249 cm³/mol. The summed E-state index contributed by atoms with van der Waals surface area (Å²) in [4.78, 5) is 70.5. The number of hydrogen-bond donors (Lipinski definition) is 6. The number of benzene rings is 3. The molecule has 5 aromatic rings. The first-order chi connectivity index (χ1) is 32.2. The Balaban J connectivity index is 0.00000216. The number of halogens is 2. The average molecular weight is 942 g/mol. The summed E-state index contributed by atoms with van der Waals surface area (Å²) in [7, 11) is -2.84. The highest BCUT2D eigenvalue weighted by molar-refractivity contribution is 7.90. The summed E-state index contributed by atoms with van der Waals surface area (Å²) in [6, 6.07) is 19.2. The molecule has 67 heavy (non-hydrogen) atoms. The van der Waals surface area contributed by atoms with Crippen LogP contribution in [-0.2, 0) is 29.4 Å². The van der Waals surface area contributed by atoms with Crippen LogP contribution in [0.25, 0.3) is 22.2 Å². The zero-order valence-electron chi connectivity index (χ0n) is 37.1. The van der Waals surface area contributed by atoms with Gasteiger partial charge in [-0.25, -0.2) is 13.8 Å². The maximum absolute atomic E-state index is 15.6. The van der Waals surface area contributed by atoms with Crippen molar-refractivity contribution < 1.29 is 46.3 Å². The number of ketones is 1. The second kappa shape index (κ2) is 21.2. The monoisotopic (exact) mass is 941 g/mol. The number of carbonyl (C=O) groups is 5. The Morgan fingerprint density at radius 3 is 2.28 bits per heavy atom. The third-order valence-electron chi connectivity index (χ3n) is 12.5. The average Bonchev–Trinajstić information content (AvgIpc) is 3.75. The Morgan fingerprint density at radius 1 is 0.940 bits per heavy atom. The van der Waals surface area contributed by atoms with Gasteiger partial charge in [-0.2, -0.15) is 12.7 Å². The maximum atomic E-state index is 15.6. The Bertz CT molecular complexity index is 2720. The number of likely N-dealkylation sites (tertiary alicyclic amines) is 1. The molecule has 3 aliphatic rings. The number of aromatic nitrogens is 2. The summed E-state index contributed by atoms with van der Waals surface area (Å²) in [6.45, 7) is 5.02. The molecule has 2 aromatic heterocycles. The van der Waals surface area contributed by atoms with Crippen molar-refractivity contribution in [2.75, 3.05) is 61.3 Å². The van der Waals surface area contributed by atoms with Crippen LogP contribution in [0.1, 0.15) is 72.9 Å². The van der Waals surface area contributed by atoms with Gasteiger partial charge in [0.2, 0.25) is 23.5 Å². The predicted octanol–water partition coefficient (Wildman–Crippen LogP) is 5.23. The fourth-order valence-corrected chi connectivity index (χ4v) is 9.57. The first-order valence-electron chi connectivity index (χ1n) is 22.1. The number of nitrogens with zero attached hydrogens (tertiary/aromatic N) is 4. The van der Waals surface area contributed by atoms with Crippen molar-refractivity contribution in [3.63, 3.8) is 0 Å². The van der Waals surface area contributed by atoms with Crippen LogP contribution in [0.5, 0.6) is 0 Å². The standard InChI is InChI=1S/C46H51F2N9O6S.CH2O2/c1-3-55(2)64(62,63)54-38-13-12-37(47)42(43(38)48)44(60)36-26-50-45-35(36)24-31(25-49-45)29-6-10-34(11-7-29)57-22-18-33(19-23-57)52-41(59)27-56-20-16-30(17-21-56)28-4-8-32(9-5-28)51-39-14-15-40(58)53-46(39)61;2-1-3/h4-13,24-26,30,33,39,51,54H,3,14-23,27H2,1-2H3,(H,49,50)(H,52,59)(H,53,58,61);1H,(H,2,3). The van der Waals surface area contributed by atoms with Gasteiger partial charge in [-0.3, -0.25) is 38.9 Å². The molecule has 0 bridgehead atoms. The van der Waals surface area contributed by atoms with Crippen LogP contribution < -0.4 is 25.6 Å². The van der Waals surface area contributed by atoms with E-state index in [0.29, 0.717) is 41.9 Å². The topological polar surface area (TPSA) is 226 Å². The van der Waals surface area contributed by atoms with Crippen LogP contribution in [-0.4, -0.2) is 121 Å². The lowest BCUT2D eigenvalue weighted by Crippen LogP contribution is -2.48. The van der Waals surface area contributed by atoms with Crippen molar-refractivity contribution in [1.29, 1.82) is 0 Å². The minimum Gasteiger partial charge on any atom is -0.483 e. The van der Waals surface area contributed by atoms with Crippen molar-refractivity contribution in [2.45, 2.75) is 63.5 Å². The summed E-state index contributed by atoms with van der Waals surface area (Å²) < 4.78 is 58.8. The number of H-pyrrole nitrogens is 1. The molecule has 1 unspecified atom stereocenters. The van der Waals surface area contributed by atoms with Crippen molar-refractivity contribution in [2.24, 2.45) is 0 Å². The van der Waals surface area contributed by atoms with E-state index in [1.807, 2.05) is 36.4 Å². The van der Waals surface area contributed by atoms with Gasteiger partial charge >= 0.3 is 10.2 Å². The van der Waals surface area contributed by atoms with Crippen molar-refractivity contribution in [3.8, 4) is 11.1 Å². The molecule has 0 saturated carbocycles. The van der Waals surface area contributed by atoms with E-state index in [9.17, 15) is 27.6 Å². The quantitative estimate of drug-likeness (QED) is 0.0478. The normalized spacial score (nSPS) is 17.4. The van der Waals surface area contributed by atoms with Crippen LogP contribution in [0.3, 0.4) is 0 Å². The highest BCUT2D eigenvalue weighted by Crippen LogP contribution is 2.32. The van der Waals surface area contributed by atoms with Crippen LogP contribution in [0.15, 0.2) is 79.1 Å². The van der Waals surface area contributed by atoms with E-state index in [-0.39, 0.29) is 42.3 Å². The number of carboxylic acid groups (broad SMARTS) is 1. The third kappa shape index (κ3) is 11.4. The molecular weight excluding hydrogens is 889 g/mol. The summed E-state index contributed by atoms with van der Waals surface area (Å²) in [5.41, 5.74) is 3.48. The molecule has 3 aromatic carbocycles. The molecule has 0 aliphatic carbocycles. The Morgan fingerprint density at radius 2 is 1.63 bits per heavy atom. The minimum absolute atomic E-state index is 0.0220. The molecule has 6 N–H and O–H groups in total. The van der Waals surface area contributed by atoms with Crippen molar-refractivity contribution in [3.05, 3.63) is 107 Å². The summed E-state index contributed by atoms with van der Waals surface area (Å²) in [5.74, 6) is -3.52. The highest BCUT2D eigenvalue weighted by atomic mass is 32.2. The van der Waals surface area contributed by atoms with Gasteiger partial charge in [0, 0.05) is 79.4 Å². The molecule has 0 spiro atoms. The number of anilines is 3. The zero-order chi connectivity index (χ0) is 47.8. The number of pyridine rings is 1. The molecule has 1 atom stereocenters. The molecule has 0 radical (unpaired) electrons. The molecule has 354 valence electrons. The van der Waals surface area contributed by atoms with E-state index >= 15 is 8.78 Å². The summed E-state index contributed by atoms with van der Waals surface area (Å²) >= 11 is 0. The minimum atomic E-state index is -4.14. The van der Waals surface area contributed by atoms with Crippen LogP contribution >= 0.6 is 0 Å². The lowest BCUT2D eigenvalue weighted by atomic mass is 9.89. The number of imide groups is 1. The molecule has 3 fully saturated rings. The van der Waals surface area contributed by atoms with Crippen LogP contribution in [0.4, 0.5) is 25.8 Å². The number of rotatable bonds is 14. The second-order valence-electron chi connectivity index (χ2n) is 16.8. The second-order valence-corrected chi connectivity index (χ2v) is 18.5. The van der Waals surface area contributed by atoms with Gasteiger partial charge in [-0.15, -0.1) is 0 Å². The third-order valence-corrected chi connectivity index (χ3v) is 14.1. The van der Waals surface area contributed by atoms with Gasteiger partial charge in [0.15, 0.2) is 5.82 Å². The Hall–Kier alpha value is -6.77. The van der Waals surface area contributed by atoms with Gasteiger partial charge in [0.05, 0.1) is 17.8 Å². The maximum Gasteiger partial charge on any atom is 0.301 e. The highest BCUT2D eigenvalue weighted by Gasteiger charge is 2.29. The number of piperidine rings is 3. The Kier molecular flexibility index (Phi) is 15.3. The zero-order valence-corrected chi connectivity index (χ0v) is 37.9. The van der Waals surface area contributed by atoms with Crippen molar-refractivity contribution in [1.82, 2.24) is 29.8 Å². The van der Waals surface area contributed by atoms with Crippen LogP contribution in [0.2, 0.25) is 0 Å². The fraction of sp³-hybridized carbons (Fsp3) is 0.362. The van der Waals surface area contributed by atoms with Gasteiger partial charge in [0.1, 0.15) is 17.5 Å². The molecule has 5 heterocycles. The van der Waals surface area contributed by atoms with Gasteiger partial charge < -0.3 is 25.6 Å². The number of hydrogen-bond acceptors (Lipinski definition) is 11. The number of fused-ring (bicyclic) bond motifs is 1. The van der Waals surface area contributed by atoms with Crippen molar-refractivity contribution >= 4 is 68.3 Å². The lowest BCUT2D eigenvalue weighted by molar-refractivity contribution is -0.133. The van der Waals surface area contributed by atoms with Crippen LogP contribution in [0, 0.1) is 11.6 Å². The van der Waals surface area contributed by atoms with Gasteiger partial charge in [-0.05, 0) is 105 Å². The van der Waals surface area contributed by atoms with Gasteiger partial charge in [0.25, 0.3) is 6.47 Å². The van der Waals surface area contributed by atoms with E-state index in [1.165, 1.54) is 18.8 Å². The SMILES string of the molecule is CCN(C)S(=O)(=O)Nc1ccc(F)c(C(=O)c2c[nH]c3ncc(-c4ccc(N5CCC(NC(=O)CN6CCC(c7ccc(NC8CCC(=O)NC8=O)cc7)CC6)CC5)cc4)cc23)c1F.O=CO. The molecular formula is C47H53F2N9O8S. The van der Waals surface area contributed by atoms with Gasteiger partial charge in [-0.1, -0.05) is 31.2 Å². The molecule has 8 rings (SSSR count).